The molecule has 4 heteroatoms. The Hall–Kier alpha value is -1.55. The van der Waals surface area contributed by atoms with Crippen molar-refractivity contribution < 1.29 is 9.90 Å². The first-order valence-electron chi connectivity index (χ1n) is 7.86. The van der Waals surface area contributed by atoms with Gasteiger partial charge in [0.2, 0.25) is 0 Å². The minimum absolute atomic E-state index is 0.0719. The molecule has 0 radical (unpaired) electrons. The van der Waals surface area contributed by atoms with Crippen LogP contribution in [0.2, 0.25) is 0 Å². The molecular weight excluding hydrogens is 264 g/mol. The van der Waals surface area contributed by atoms with Crippen molar-refractivity contribution in [3.8, 4) is 0 Å². The molecule has 0 bridgehead atoms. The highest BCUT2D eigenvalue weighted by atomic mass is 16.3. The third-order valence-corrected chi connectivity index (χ3v) is 4.35. The number of hydrogen-bond donors (Lipinski definition) is 3. The van der Waals surface area contributed by atoms with Gasteiger partial charge in [0.1, 0.15) is 0 Å². The van der Waals surface area contributed by atoms with Crippen molar-refractivity contribution in [2.75, 3.05) is 11.9 Å². The Bertz CT molecular complexity index is 488. The first-order valence-corrected chi connectivity index (χ1v) is 7.86. The molecule has 1 fully saturated rings. The van der Waals surface area contributed by atoms with Gasteiger partial charge in [0.05, 0.1) is 0 Å². The molecule has 2 atom stereocenters. The van der Waals surface area contributed by atoms with E-state index in [4.69, 9.17) is 0 Å². The summed E-state index contributed by atoms with van der Waals surface area (Å²) in [5.74, 6) is 0.178. The van der Waals surface area contributed by atoms with Crippen LogP contribution in [-0.4, -0.2) is 23.8 Å². The fraction of sp³-hybridized carbons (Fsp3) is 0.588. The first kappa shape index (κ1) is 15.8. The van der Waals surface area contributed by atoms with Crippen molar-refractivity contribution in [3.05, 3.63) is 29.3 Å². The molecule has 0 spiro atoms. The van der Waals surface area contributed by atoms with Crippen molar-refractivity contribution in [2.24, 2.45) is 5.92 Å². The van der Waals surface area contributed by atoms with Gasteiger partial charge in [-0.2, -0.15) is 0 Å². The number of amides is 2. The maximum atomic E-state index is 12.2. The van der Waals surface area contributed by atoms with Crippen LogP contribution < -0.4 is 10.6 Å². The molecule has 21 heavy (non-hydrogen) atoms. The molecular formula is C17H26N2O2. The zero-order chi connectivity index (χ0) is 15.2. The molecule has 0 saturated heterocycles. The van der Waals surface area contributed by atoms with Gasteiger partial charge in [-0.3, -0.25) is 0 Å². The van der Waals surface area contributed by atoms with Crippen LogP contribution in [0, 0.1) is 19.8 Å². The Morgan fingerprint density at radius 3 is 2.76 bits per heavy atom. The van der Waals surface area contributed by atoms with Gasteiger partial charge in [-0.15, -0.1) is 0 Å². The van der Waals surface area contributed by atoms with Crippen LogP contribution in [0.4, 0.5) is 10.5 Å². The molecule has 1 aromatic rings. The van der Waals surface area contributed by atoms with Crippen LogP contribution >= 0.6 is 0 Å². The fourth-order valence-electron chi connectivity index (χ4n) is 2.99. The van der Waals surface area contributed by atoms with E-state index in [-0.39, 0.29) is 24.6 Å². The zero-order valence-corrected chi connectivity index (χ0v) is 13.0. The van der Waals surface area contributed by atoms with Crippen molar-refractivity contribution >= 4 is 11.7 Å². The molecule has 2 amide bonds. The Morgan fingerprint density at radius 1 is 1.24 bits per heavy atom. The molecule has 116 valence electrons. The largest absolute Gasteiger partial charge is 0.396 e. The molecule has 1 aliphatic carbocycles. The second-order valence-electron chi connectivity index (χ2n) is 6.10. The lowest BCUT2D eigenvalue weighted by Crippen LogP contribution is -2.43. The summed E-state index contributed by atoms with van der Waals surface area (Å²) in [6.45, 7) is 4.14. The maximum Gasteiger partial charge on any atom is 0.319 e. The number of carbonyl (C=O) groups is 1. The summed E-state index contributed by atoms with van der Waals surface area (Å²) in [6, 6.07) is 5.92. The van der Waals surface area contributed by atoms with Gasteiger partial charge >= 0.3 is 6.03 Å². The van der Waals surface area contributed by atoms with Crippen LogP contribution in [0.15, 0.2) is 18.2 Å². The summed E-state index contributed by atoms with van der Waals surface area (Å²) in [5.41, 5.74) is 3.02. The lowest BCUT2D eigenvalue weighted by Gasteiger charge is -2.24. The zero-order valence-electron chi connectivity index (χ0n) is 13.0. The molecule has 1 saturated carbocycles. The Kier molecular flexibility index (Phi) is 5.62. The molecule has 4 nitrogen and oxygen atoms in total. The average Bonchev–Trinajstić information content (AvgIpc) is 2.68. The lowest BCUT2D eigenvalue weighted by molar-refractivity contribution is 0.182. The predicted molar refractivity (Wildman–Crippen MR) is 85.5 cm³/mol. The topological polar surface area (TPSA) is 61.4 Å². The maximum absolute atomic E-state index is 12.2. The van der Waals surface area contributed by atoms with Gasteiger partial charge < -0.3 is 15.7 Å². The highest BCUT2D eigenvalue weighted by Crippen LogP contribution is 2.23. The van der Waals surface area contributed by atoms with E-state index in [1.165, 1.54) is 6.42 Å². The van der Waals surface area contributed by atoms with Gasteiger partial charge in [-0.05, 0) is 43.9 Å². The predicted octanol–water partition coefficient (Wildman–Crippen LogP) is 3.37. The summed E-state index contributed by atoms with van der Waals surface area (Å²) in [5, 5.41) is 15.5. The molecule has 0 heterocycles. The number of nitrogens with one attached hydrogen (secondary N) is 2. The van der Waals surface area contributed by atoms with Crippen LogP contribution in [0.5, 0.6) is 0 Å². The second-order valence-corrected chi connectivity index (χ2v) is 6.10. The molecule has 1 aromatic carbocycles. The number of benzene rings is 1. The van der Waals surface area contributed by atoms with Gasteiger partial charge in [-0.1, -0.05) is 31.4 Å². The van der Waals surface area contributed by atoms with Crippen LogP contribution in [0.3, 0.4) is 0 Å². The molecule has 1 aliphatic rings. The van der Waals surface area contributed by atoms with E-state index in [9.17, 15) is 9.90 Å². The van der Waals surface area contributed by atoms with E-state index in [1.807, 2.05) is 32.0 Å². The molecule has 2 rings (SSSR count). The lowest BCUT2D eigenvalue weighted by atomic mass is 9.96. The highest BCUT2D eigenvalue weighted by Gasteiger charge is 2.24. The highest BCUT2D eigenvalue weighted by molar-refractivity contribution is 5.90. The molecule has 3 N–H and O–H groups in total. The number of urea groups is 1. The Morgan fingerprint density at radius 2 is 2.00 bits per heavy atom. The number of aryl methyl sites for hydroxylation is 2. The number of hydrogen-bond acceptors (Lipinski definition) is 2. The monoisotopic (exact) mass is 290 g/mol. The van der Waals surface area contributed by atoms with Crippen molar-refractivity contribution in [1.29, 1.82) is 0 Å². The number of aliphatic hydroxyl groups excluding tert-OH is 1. The summed E-state index contributed by atoms with van der Waals surface area (Å²) >= 11 is 0. The van der Waals surface area contributed by atoms with E-state index in [2.05, 4.69) is 10.6 Å². The van der Waals surface area contributed by atoms with E-state index in [0.717, 1.165) is 42.5 Å². The van der Waals surface area contributed by atoms with Gasteiger partial charge in [0.25, 0.3) is 0 Å². The SMILES string of the molecule is Cc1ccc(C)c(NC(=O)NC2CCCCCC2CO)c1. The fourth-order valence-corrected chi connectivity index (χ4v) is 2.99. The Balaban J connectivity index is 1.98. The summed E-state index contributed by atoms with van der Waals surface area (Å²) < 4.78 is 0. The Labute approximate surface area is 126 Å². The second kappa shape index (κ2) is 7.46. The summed E-state index contributed by atoms with van der Waals surface area (Å²) in [4.78, 5) is 12.2. The minimum atomic E-state index is -0.172. The van der Waals surface area contributed by atoms with Gasteiger partial charge in [0.15, 0.2) is 0 Å². The van der Waals surface area contributed by atoms with E-state index < -0.39 is 0 Å². The molecule has 2 unspecified atom stereocenters. The smallest absolute Gasteiger partial charge is 0.319 e. The number of carbonyl (C=O) groups excluding carboxylic acids is 1. The van der Waals surface area contributed by atoms with Crippen molar-refractivity contribution in [3.63, 3.8) is 0 Å². The number of aliphatic hydroxyl groups is 1. The van der Waals surface area contributed by atoms with Crippen LogP contribution in [0.1, 0.15) is 43.2 Å². The third kappa shape index (κ3) is 4.46. The van der Waals surface area contributed by atoms with E-state index in [0.29, 0.717) is 0 Å². The van der Waals surface area contributed by atoms with Gasteiger partial charge in [0, 0.05) is 24.3 Å². The average molecular weight is 290 g/mol. The number of rotatable bonds is 3. The molecule has 0 aromatic heterocycles. The van der Waals surface area contributed by atoms with Crippen LogP contribution in [-0.2, 0) is 0 Å². The first-order chi connectivity index (χ1) is 10.1. The number of anilines is 1. The van der Waals surface area contributed by atoms with E-state index in [1.54, 1.807) is 0 Å². The summed E-state index contributed by atoms with van der Waals surface area (Å²) in [7, 11) is 0. The molecule has 0 aliphatic heterocycles. The van der Waals surface area contributed by atoms with Crippen molar-refractivity contribution in [1.82, 2.24) is 5.32 Å². The van der Waals surface area contributed by atoms with Crippen LogP contribution in [0.25, 0.3) is 0 Å². The minimum Gasteiger partial charge on any atom is -0.396 e. The third-order valence-electron chi connectivity index (χ3n) is 4.35. The van der Waals surface area contributed by atoms with E-state index >= 15 is 0 Å². The summed E-state index contributed by atoms with van der Waals surface area (Å²) in [6.07, 6.45) is 5.39. The standard InChI is InChI=1S/C17H26N2O2/c1-12-8-9-13(2)16(10-12)19-17(21)18-15-7-5-3-4-6-14(15)11-20/h8-10,14-15,20H,3-7,11H2,1-2H3,(H2,18,19,21). The quantitative estimate of drug-likeness (QED) is 0.747. The normalized spacial score (nSPS) is 22.4. The van der Waals surface area contributed by atoms with Crippen molar-refractivity contribution in [2.45, 2.75) is 52.0 Å². The van der Waals surface area contributed by atoms with Gasteiger partial charge in [-0.25, -0.2) is 4.79 Å².